The first-order chi connectivity index (χ1) is 17.3. The van der Waals surface area contributed by atoms with Gasteiger partial charge in [-0.15, -0.1) is 0 Å². The molecule has 2 saturated heterocycles. The zero-order valence-corrected chi connectivity index (χ0v) is 22.8. The Morgan fingerprint density at radius 3 is 2.19 bits per heavy atom. The summed E-state index contributed by atoms with van der Waals surface area (Å²) in [6.07, 6.45) is 1.67. The van der Waals surface area contributed by atoms with Crippen molar-refractivity contribution in [1.29, 1.82) is 0 Å². The fourth-order valence-corrected chi connectivity index (χ4v) is 7.15. The van der Waals surface area contributed by atoms with Gasteiger partial charge in [0.15, 0.2) is 0 Å². The second kappa shape index (κ2) is 11.5. The van der Waals surface area contributed by atoms with Crippen molar-refractivity contribution in [3.05, 3.63) is 70.7 Å². The van der Waals surface area contributed by atoms with Crippen LogP contribution < -0.4 is 5.32 Å². The van der Waals surface area contributed by atoms with Gasteiger partial charge in [0, 0.05) is 36.6 Å². The molecule has 2 unspecified atom stereocenters. The van der Waals surface area contributed by atoms with Crippen LogP contribution in [0, 0.1) is 0 Å². The monoisotopic (exact) mass is 533 g/mol. The molecule has 2 aliphatic heterocycles. The molecule has 196 valence electrons. The van der Waals surface area contributed by atoms with Crippen LogP contribution in [0.1, 0.15) is 49.8 Å². The normalized spacial score (nSPS) is 22.3. The number of amides is 2. The molecule has 2 atom stereocenters. The van der Waals surface area contributed by atoms with Crippen LogP contribution in [0.15, 0.2) is 54.6 Å². The van der Waals surface area contributed by atoms with Gasteiger partial charge >= 0.3 is 6.03 Å². The Balaban J connectivity index is 1.78. The maximum Gasteiger partial charge on any atom is 0.333 e. The number of benzene rings is 2. The Bertz CT molecular complexity index is 1120. The first-order valence-corrected chi connectivity index (χ1v) is 14.4. The summed E-state index contributed by atoms with van der Waals surface area (Å²) in [4.78, 5) is 15.9. The van der Waals surface area contributed by atoms with Gasteiger partial charge in [-0.25, -0.2) is 9.80 Å². The molecule has 2 aliphatic rings. The number of halogens is 1. The second-order valence-corrected chi connectivity index (χ2v) is 11.7. The van der Waals surface area contributed by atoms with Gasteiger partial charge in [-0.3, -0.25) is 0 Å². The number of hydrazine groups is 1. The van der Waals surface area contributed by atoms with Crippen molar-refractivity contribution in [3.8, 4) is 0 Å². The van der Waals surface area contributed by atoms with Crippen LogP contribution in [0.2, 0.25) is 5.02 Å². The molecule has 10 heteroatoms. The third kappa shape index (κ3) is 5.55. The average Bonchev–Trinajstić information content (AvgIpc) is 3.29. The maximum atomic E-state index is 14.1. The number of hydrogen-bond acceptors (Lipinski definition) is 4. The largest absolute Gasteiger partial charge is 0.334 e. The van der Waals surface area contributed by atoms with Gasteiger partial charge in [0.2, 0.25) is 0 Å². The lowest BCUT2D eigenvalue weighted by Gasteiger charge is -2.36. The average molecular weight is 534 g/mol. The maximum absolute atomic E-state index is 14.1. The Morgan fingerprint density at radius 2 is 1.61 bits per heavy atom. The molecule has 0 bridgehead atoms. The number of rotatable bonds is 7. The van der Waals surface area contributed by atoms with E-state index < -0.39 is 16.3 Å². The van der Waals surface area contributed by atoms with Crippen LogP contribution in [0.5, 0.6) is 0 Å². The number of carbonyl (C=O) groups is 1. The van der Waals surface area contributed by atoms with E-state index in [4.69, 9.17) is 11.6 Å². The predicted molar refractivity (Wildman–Crippen MR) is 143 cm³/mol. The Labute approximate surface area is 220 Å². The summed E-state index contributed by atoms with van der Waals surface area (Å²) in [6, 6.07) is 16.1. The number of urea groups is 1. The Hall–Kier alpha value is -2.17. The number of hydrogen-bond donors (Lipinski definition) is 1. The molecule has 0 spiro atoms. The van der Waals surface area contributed by atoms with Crippen molar-refractivity contribution in [1.82, 2.24) is 23.9 Å². The van der Waals surface area contributed by atoms with Gasteiger partial charge in [-0.05, 0) is 56.2 Å². The molecule has 2 aromatic rings. The minimum absolute atomic E-state index is 0.0106. The van der Waals surface area contributed by atoms with Crippen LogP contribution in [-0.4, -0.2) is 78.9 Å². The molecule has 4 rings (SSSR count). The highest BCUT2D eigenvalue weighted by Gasteiger charge is 2.51. The zero-order chi connectivity index (χ0) is 25.9. The number of carbonyl (C=O) groups excluding carboxylic acids is 1. The summed E-state index contributed by atoms with van der Waals surface area (Å²) in [7, 11) is -1.93. The molecule has 2 fully saturated rings. The smallest absolute Gasteiger partial charge is 0.333 e. The fourth-order valence-electron chi connectivity index (χ4n) is 5.19. The summed E-state index contributed by atoms with van der Waals surface area (Å²) in [6.45, 7) is 6.28. The quantitative estimate of drug-likeness (QED) is 0.581. The third-order valence-electron chi connectivity index (χ3n) is 7.21. The van der Waals surface area contributed by atoms with E-state index in [1.165, 1.54) is 13.7 Å². The van der Waals surface area contributed by atoms with Crippen molar-refractivity contribution in [2.75, 3.05) is 39.8 Å². The van der Waals surface area contributed by atoms with Crippen LogP contribution in [-0.2, 0) is 10.2 Å². The van der Waals surface area contributed by atoms with E-state index in [9.17, 15) is 13.2 Å². The highest BCUT2D eigenvalue weighted by Crippen LogP contribution is 2.45. The summed E-state index contributed by atoms with van der Waals surface area (Å²) in [5.41, 5.74) is 1.77. The summed E-state index contributed by atoms with van der Waals surface area (Å²) in [5, 5.41) is 5.10. The minimum atomic E-state index is -4.00. The molecule has 8 nitrogen and oxygen atoms in total. The highest BCUT2D eigenvalue weighted by molar-refractivity contribution is 7.86. The lowest BCUT2D eigenvalue weighted by atomic mass is 9.89. The molecular formula is C26H36ClN5O3S. The minimum Gasteiger partial charge on any atom is -0.334 e. The van der Waals surface area contributed by atoms with Crippen molar-refractivity contribution >= 4 is 27.8 Å². The second-order valence-electron chi connectivity index (χ2n) is 9.49. The molecule has 0 aromatic heterocycles. The van der Waals surface area contributed by atoms with Crippen molar-refractivity contribution < 1.29 is 13.2 Å². The van der Waals surface area contributed by atoms with E-state index in [-0.39, 0.29) is 24.5 Å². The first kappa shape index (κ1) is 26.9. The predicted octanol–water partition coefficient (Wildman–Crippen LogP) is 4.09. The lowest BCUT2D eigenvalue weighted by Crippen LogP contribution is -2.56. The van der Waals surface area contributed by atoms with E-state index in [1.54, 1.807) is 12.1 Å². The fraction of sp³-hybridized carbons (Fsp3) is 0.500. The lowest BCUT2D eigenvalue weighted by molar-refractivity contribution is 0.100. The van der Waals surface area contributed by atoms with E-state index in [1.807, 2.05) is 56.3 Å². The molecular weight excluding hydrogens is 498 g/mol. The van der Waals surface area contributed by atoms with Gasteiger partial charge in [0.1, 0.15) is 0 Å². The van der Waals surface area contributed by atoms with E-state index in [2.05, 4.69) is 17.3 Å². The van der Waals surface area contributed by atoms with Gasteiger partial charge in [-0.1, -0.05) is 72.3 Å². The standard InChI is InChI=1S/C26H36ClN5O3S/c1-4-30(5-2)36(34,35)32-25(21-11-13-22(27)14-12-21)24(20-9-7-6-8-10-20)19-31(32)26(33)28-23-15-17-29(3)18-16-23/h6-14,23-25H,4-5,15-19H2,1-3H3,(H,28,33). The molecule has 0 saturated carbocycles. The molecule has 36 heavy (non-hydrogen) atoms. The van der Waals surface area contributed by atoms with Gasteiger partial charge in [-0.2, -0.15) is 12.7 Å². The molecule has 1 N–H and O–H groups in total. The number of likely N-dealkylation sites (tertiary alicyclic amines) is 1. The number of piperidine rings is 1. The molecule has 2 heterocycles. The van der Waals surface area contributed by atoms with Crippen LogP contribution >= 0.6 is 11.6 Å². The molecule has 2 aromatic carbocycles. The topological polar surface area (TPSA) is 76.2 Å². The van der Waals surface area contributed by atoms with Crippen molar-refractivity contribution in [2.45, 2.75) is 44.7 Å². The summed E-state index contributed by atoms with van der Waals surface area (Å²) >= 11 is 6.17. The van der Waals surface area contributed by atoms with Gasteiger partial charge < -0.3 is 10.2 Å². The Kier molecular flexibility index (Phi) is 8.57. The third-order valence-corrected chi connectivity index (χ3v) is 9.53. The Morgan fingerprint density at radius 1 is 1.00 bits per heavy atom. The molecule has 0 radical (unpaired) electrons. The van der Waals surface area contributed by atoms with E-state index >= 15 is 0 Å². The number of nitrogens with zero attached hydrogens (tertiary/aromatic N) is 4. The molecule has 0 aliphatic carbocycles. The van der Waals surface area contributed by atoms with Crippen molar-refractivity contribution in [3.63, 3.8) is 0 Å². The van der Waals surface area contributed by atoms with Crippen LogP contribution in [0.4, 0.5) is 4.79 Å². The van der Waals surface area contributed by atoms with E-state index in [0.29, 0.717) is 18.1 Å². The molecule has 2 amide bonds. The van der Waals surface area contributed by atoms with Gasteiger partial charge in [0.25, 0.3) is 10.2 Å². The van der Waals surface area contributed by atoms with E-state index in [0.717, 1.165) is 37.1 Å². The van der Waals surface area contributed by atoms with Crippen LogP contribution in [0.3, 0.4) is 0 Å². The van der Waals surface area contributed by atoms with Crippen LogP contribution in [0.25, 0.3) is 0 Å². The highest BCUT2D eigenvalue weighted by atomic mass is 35.5. The van der Waals surface area contributed by atoms with Crippen molar-refractivity contribution in [2.24, 2.45) is 0 Å². The summed E-state index contributed by atoms with van der Waals surface area (Å²) in [5.74, 6) is -0.249. The summed E-state index contributed by atoms with van der Waals surface area (Å²) < 4.78 is 30.9. The first-order valence-electron chi connectivity index (χ1n) is 12.6. The SMILES string of the molecule is CCN(CC)S(=O)(=O)N1C(c2ccc(Cl)cc2)C(c2ccccc2)CN1C(=O)NC1CCN(C)CC1. The zero-order valence-electron chi connectivity index (χ0n) is 21.2. The van der Waals surface area contributed by atoms with Gasteiger partial charge in [0.05, 0.1) is 6.04 Å². The number of nitrogens with one attached hydrogen (secondary N) is 1.